The number of aliphatic imine (C=N–C) groups is 1. The molecule has 2 rings (SSSR count). The second-order valence-corrected chi connectivity index (χ2v) is 6.80. The van der Waals surface area contributed by atoms with Crippen molar-refractivity contribution in [3.05, 3.63) is 35.9 Å². The Labute approximate surface area is 135 Å². The van der Waals surface area contributed by atoms with Gasteiger partial charge in [-0.2, -0.15) is 0 Å². The summed E-state index contributed by atoms with van der Waals surface area (Å²) in [5.41, 5.74) is 1.40. The summed E-state index contributed by atoms with van der Waals surface area (Å²) < 4.78 is 0. The molecule has 0 unspecified atom stereocenters. The van der Waals surface area contributed by atoms with E-state index < -0.39 is 0 Å². The average molecular weight is 302 g/mol. The first-order chi connectivity index (χ1) is 10.5. The highest BCUT2D eigenvalue weighted by atomic mass is 15.3. The lowest BCUT2D eigenvalue weighted by atomic mass is 10.1. The Kier molecular flexibility index (Phi) is 5.83. The molecule has 0 spiro atoms. The van der Waals surface area contributed by atoms with Crippen LogP contribution in [0.1, 0.15) is 18.9 Å². The van der Waals surface area contributed by atoms with E-state index in [1.807, 2.05) is 0 Å². The number of hydrogen-bond donors (Lipinski definition) is 0. The van der Waals surface area contributed by atoms with Crippen molar-refractivity contribution in [3.63, 3.8) is 0 Å². The first kappa shape index (κ1) is 16.8. The molecule has 122 valence electrons. The lowest BCUT2D eigenvalue weighted by molar-refractivity contribution is 0.256. The second-order valence-electron chi connectivity index (χ2n) is 6.80. The molecule has 1 aliphatic heterocycles. The zero-order valence-corrected chi connectivity index (χ0v) is 14.7. The van der Waals surface area contributed by atoms with E-state index in [0.717, 1.165) is 25.6 Å². The predicted molar refractivity (Wildman–Crippen MR) is 94.1 cm³/mol. The minimum Gasteiger partial charge on any atom is -0.349 e. The fourth-order valence-corrected chi connectivity index (χ4v) is 3.28. The minimum atomic E-state index is 0.641. The molecule has 0 radical (unpaired) electrons. The summed E-state index contributed by atoms with van der Waals surface area (Å²) in [5.74, 6) is 1.71. The highest BCUT2D eigenvalue weighted by molar-refractivity contribution is 5.79. The Hall–Kier alpha value is -1.55. The summed E-state index contributed by atoms with van der Waals surface area (Å²) in [7, 11) is 8.21. The lowest BCUT2D eigenvalue weighted by Crippen LogP contribution is -2.36. The van der Waals surface area contributed by atoms with Gasteiger partial charge < -0.3 is 9.80 Å². The van der Waals surface area contributed by atoms with Gasteiger partial charge in [0.05, 0.1) is 0 Å². The monoisotopic (exact) mass is 302 g/mol. The zero-order chi connectivity index (χ0) is 16.1. The van der Waals surface area contributed by atoms with Crippen molar-refractivity contribution in [2.45, 2.75) is 25.9 Å². The zero-order valence-electron chi connectivity index (χ0n) is 14.7. The van der Waals surface area contributed by atoms with Crippen molar-refractivity contribution >= 4 is 5.96 Å². The molecule has 1 aliphatic rings. The molecule has 1 fully saturated rings. The van der Waals surface area contributed by atoms with E-state index in [9.17, 15) is 0 Å². The summed E-state index contributed by atoms with van der Waals surface area (Å²) in [6.07, 6.45) is 1.24. The van der Waals surface area contributed by atoms with Crippen LogP contribution >= 0.6 is 0 Å². The third-order valence-corrected chi connectivity index (χ3v) is 4.31. The summed E-state index contributed by atoms with van der Waals surface area (Å²) >= 11 is 0. The van der Waals surface area contributed by atoms with Crippen LogP contribution < -0.4 is 0 Å². The molecule has 22 heavy (non-hydrogen) atoms. The van der Waals surface area contributed by atoms with Crippen molar-refractivity contribution in [1.29, 1.82) is 0 Å². The molecular formula is C18H30N4. The van der Waals surface area contributed by atoms with E-state index in [2.05, 4.69) is 80.1 Å². The topological polar surface area (TPSA) is 22.1 Å². The summed E-state index contributed by atoms with van der Waals surface area (Å²) in [5, 5.41) is 0. The summed E-state index contributed by atoms with van der Waals surface area (Å²) in [4.78, 5) is 11.6. The highest BCUT2D eigenvalue weighted by Gasteiger charge is 2.28. The summed E-state index contributed by atoms with van der Waals surface area (Å²) in [6, 6.07) is 11.4. The van der Waals surface area contributed by atoms with Crippen molar-refractivity contribution in [1.82, 2.24) is 14.7 Å². The molecule has 0 amide bonds. The van der Waals surface area contributed by atoms with Crippen LogP contribution in [-0.2, 0) is 6.54 Å². The number of nitrogens with zero attached hydrogens (tertiary/aromatic N) is 4. The molecule has 1 heterocycles. The molecular weight excluding hydrogens is 272 g/mol. The molecule has 0 aliphatic carbocycles. The van der Waals surface area contributed by atoms with Crippen molar-refractivity contribution < 1.29 is 0 Å². The van der Waals surface area contributed by atoms with E-state index in [0.29, 0.717) is 12.0 Å². The Morgan fingerprint density at radius 2 is 1.77 bits per heavy atom. The highest BCUT2D eigenvalue weighted by Crippen LogP contribution is 2.25. The number of rotatable bonds is 4. The summed E-state index contributed by atoms with van der Waals surface area (Å²) in [6.45, 7) is 5.46. The van der Waals surface area contributed by atoms with Crippen LogP contribution in [0.25, 0.3) is 0 Å². The van der Waals surface area contributed by atoms with Gasteiger partial charge in [0.15, 0.2) is 5.96 Å². The van der Waals surface area contributed by atoms with Gasteiger partial charge in [-0.1, -0.05) is 30.3 Å². The molecule has 1 aromatic carbocycles. The van der Waals surface area contributed by atoms with Crippen LogP contribution in [0.5, 0.6) is 0 Å². The molecule has 1 saturated heterocycles. The maximum atomic E-state index is 4.82. The largest absolute Gasteiger partial charge is 0.349 e. The van der Waals surface area contributed by atoms with Gasteiger partial charge in [-0.15, -0.1) is 0 Å². The predicted octanol–water partition coefficient (Wildman–Crippen LogP) is 2.38. The van der Waals surface area contributed by atoms with E-state index in [1.54, 1.807) is 0 Å². The van der Waals surface area contributed by atoms with Gasteiger partial charge in [-0.25, -0.2) is 0 Å². The quantitative estimate of drug-likeness (QED) is 0.630. The standard InChI is InChI=1S/C18H30N4/c1-15-11-17(12-19-18(20(2)3)21(4)5)14-22(15)13-16-9-7-6-8-10-16/h6-10,15,17H,11-14H2,1-5H3/t15-,17+/m0/s1. The van der Waals surface area contributed by atoms with Crippen molar-refractivity contribution in [3.8, 4) is 0 Å². The molecule has 0 saturated carbocycles. The van der Waals surface area contributed by atoms with Crippen LogP contribution in [0.3, 0.4) is 0 Å². The first-order valence-corrected chi connectivity index (χ1v) is 8.14. The third-order valence-electron chi connectivity index (χ3n) is 4.31. The van der Waals surface area contributed by atoms with Crippen molar-refractivity contribution in [2.24, 2.45) is 10.9 Å². The smallest absolute Gasteiger partial charge is 0.195 e. The van der Waals surface area contributed by atoms with Gasteiger partial charge in [0.1, 0.15) is 0 Å². The van der Waals surface area contributed by atoms with Crippen molar-refractivity contribution in [2.75, 3.05) is 41.3 Å². The van der Waals surface area contributed by atoms with Gasteiger partial charge in [-0.3, -0.25) is 9.89 Å². The third kappa shape index (κ3) is 4.47. The SMILES string of the molecule is C[C@H]1C[C@H](CN=C(N(C)C)N(C)C)CN1Cc1ccccc1. The molecule has 0 bridgehead atoms. The molecule has 0 aromatic heterocycles. The maximum Gasteiger partial charge on any atom is 0.195 e. The van der Waals surface area contributed by atoms with Crippen LogP contribution in [-0.4, -0.2) is 68.0 Å². The van der Waals surface area contributed by atoms with Gasteiger partial charge in [0, 0.05) is 53.9 Å². The molecule has 4 nitrogen and oxygen atoms in total. The second kappa shape index (κ2) is 7.63. The van der Waals surface area contributed by atoms with E-state index in [4.69, 9.17) is 4.99 Å². The fraction of sp³-hybridized carbons (Fsp3) is 0.611. The van der Waals surface area contributed by atoms with Gasteiger partial charge in [-0.05, 0) is 24.8 Å². The number of hydrogen-bond acceptors (Lipinski definition) is 2. The van der Waals surface area contributed by atoms with Crippen LogP contribution in [0.15, 0.2) is 35.3 Å². The van der Waals surface area contributed by atoms with Crippen LogP contribution in [0, 0.1) is 5.92 Å². The minimum absolute atomic E-state index is 0.641. The maximum absolute atomic E-state index is 4.82. The fourth-order valence-electron chi connectivity index (χ4n) is 3.28. The average Bonchev–Trinajstić information content (AvgIpc) is 2.79. The Bertz CT molecular complexity index is 471. The Balaban J connectivity index is 1.92. The molecule has 1 aromatic rings. The lowest BCUT2D eigenvalue weighted by Gasteiger charge is -2.23. The normalized spacial score (nSPS) is 21.7. The van der Waals surface area contributed by atoms with Gasteiger partial charge in [0.2, 0.25) is 0 Å². The van der Waals surface area contributed by atoms with Crippen LogP contribution in [0.2, 0.25) is 0 Å². The molecule has 4 heteroatoms. The molecule has 0 N–H and O–H groups in total. The number of likely N-dealkylation sites (tertiary alicyclic amines) is 1. The number of benzene rings is 1. The van der Waals surface area contributed by atoms with E-state index >= 15 is 0 Å². The number of guanidine groups is 1. The Morgan fingerprint density at radius 1 is 1.14 bits per heavy atom. The van der Waals surface area contributed by atoms with Gasteiger partial charge in [0.25, 0.3) is 0 Å². The molecule has 2 atom stereocenters. The van der Waals surface area contributed by atoms with E-state index in [1.165, 1.54) is 12.0 Å². The van der Waals surface area contributed by atoms with E-state index in [-0.39, 0.29) is 0 Å². The first-order valence-electron chi connectivity index (χ1n) is 8.14. The Morgan fingerprint density at radius 3 is 2.36 bits per heavy atom. The van der Waals surface area contributed by atoms with Crippen LogP contribution in [0.4, 0.5) is 0 Å². The van der Waals surface area contributed by atoms with Gasteiger partial charge >= 0.3 is 0 Å².